The van der Waals surface area contributed by atoms with Crippen molar-refractivity contribution >= 4 is 42.4 Å². The summed E-state index contributed by atoms with van der Waals surface area (Å²) in [5.41, 5.74) is -0.468. The van der Waals surface area contributed by atoms with Crippen LogP contribution in [-0.4, -0.2) is 41.4 Å². The van der Waals surface area contributed by atoms with Crippen molar-refractivity contribution in [2.24, 2.45) is 5.41 Å². The fourth-order valence-electron chi connectivity index (χ4n) is 1.32. The molecule has 0 saturated heterocycles. The SMILES string of the molecule is CNC(C)CNC(=O)c1nccnc1NC(=O)C(C)(C)C.Cl.Cl. The maximum atomic E-state index is 12.1. The van der Waals surface area contributed by atoms with E-state index in [9.17, 15) is 9.59 Å². The Balaban J connectivity index is 0. The number of hydrogen-bond acceptors (Lipinski definition) is 5. The second-order valence-electron chi connectivity index (χ2n) is 5.86. The van der Waals surface area contributed by atoms with Gasteiger partial charge < -0.3 is 16.0 Å². The molecule has 23 heavy (non-hydrogen) atoms. The number of nitrogens with zero attached hydrogens (tertiary/aromatic N) is 2. The van der Waals surface area contributed by atoms with Gasteiger partial charge in [0.2, 0.25) is 5.91 Å². The molecule has 1 unspecified atom stereocenters. The Morgan fingerprint density at radius 1 is 1.17 bits per heavy atom. The van der Waals surface area contributed by atoms with Crippen LogP contribution in [0.1, 0.15) is 38.2 Å². The molecule has 0 bridgehead atoms. The van der Waals surface area contributed by atoms with Crippen molar-refractivity contribution in [3.05, 3.63) is 18.1 Å². The van der Waals surface area contributed by atoms with Gasteiger partial charge in [0.15, 0.2) is 11.5 Å². The van der Waals surface area contributed by atoms with E-state index in [1.54, 1.807) is 20.8 Å². The van der Waals surface area contributed by atoms with Crippen LogP contribution >= 0.6 is 24.8 Å². The molecule has 0 aliphatic carbocycles. The van der Waals surface area contributed by atoms with Crippen LogP contribution in [0.4, 0.5) is 5.82 Å². The number of rotatable bonds is 5. The summed E-state index contributed by atoms with van der Waals surface area (Å²) >= 11 is 0. The summed E-state index contributed by atoms with van der Waals surface area (Å²) in [5.74, 6) is -0.415. The summed E-state index contributed by atoms with van der Waals surface area (Å²) < 4.78 is 0. The first kappa shape index (κ1) is 23.8. The van der Waals surface area contributed by atoms with E-state index in [-0.39, 0.29) is 54.2 Å². The first-order valence-corrected chi connectivity index (χ1v) is 6.83. The van der Waals surface area contributed by atoms with Crippen LogP contribution in [0.2, 0.25) is 0 Å². The highest BCUT2D eigenvalue weighted by Crippen LogP contribution is 2.17. The van der Waals surface area contributed by atoms with E-state index in [1.807, 2.05) is 14.0 Å². The van der Waals surface area contributed by atoms with Crippen LogP contribution in [0.5, 0.6) is 0 Å². The summed E-state index contributed by atoms with van der Waals surface area (Å²) in [6, 6.07) is 0.137. The van der Waals surface area contributed by atoms with E-state index in [0.717, 1.165) is 0 Å². The molecule has 0 aromatic carbocycles. The van der Waals surface area contributed by atoms with Crippen molar-refractivity contribution in [1.82, 2.24) is 20.6 Å². The second kappa shape index (κ2) is 10.4. The number of hydrogen-bond donors (Lipinski definition) is 3. The number of likely N-dealkylation sites (N-methyl/N-ethyl adjacent to an activating group) is 1. The zero-order chi connectivity index (χ0) is 16.0. The van der Waals surface area contributed by atoms with Crippen LogP contribution in [-0.2, 0) is 4.79 Å². The molecule has 2 amide bonds. The maximum absolute atomic E-state index is 12.1. The third kappa shape index (κ3) is 7.58. The van der Waals surface area contributed by atoms with E-state index in [4.69, 9.17) is 0 Å². The van der Waals surface area contributed by atoms with Crippen molar-refractivity contribution < 1.29 is 9.59 Å². The Morgan fingerprint density at radius 3 is 2.26 bits per heavy atom. The molecule has 1 aromatic rings. The van der Waals surface area contributed by atoms with E-state index < -0.39 is 5.41 Å². The lowest BCUT2D eigenvalue weighted by Gasteiger charge is -2.18. The predicted octanol–water partition coefficient (Wildman–Crippen LogP) is 1.64. The highest BCUT2D eigenvalue weighted by atomic mass is 35.5. The average molecular weight is 366 g/mol. The molecule has 1 heterocycles. The predicted molar refractivity (Wildman–Crippen MR) is 95.5 cm³/mol. The first-order valence-electron chi connectivity index (χ1n) is 6.83. The molecular formula is C14H25Cl2N5O2. The maximum Gasteiger partial charge on any atom is 0.273 e. The fraction of sp³-hybridized carbons (Fsp3) is 0.571. The molecule has 1 aromatic heterocycles. The Kier molecular flexibility index (Phi) is 10.7. The van der Waals surface area contributed by atoms with Gasteiger partial charge in [-0.05, 0) is 14.0 Å². The Morgan fingerprint density at radius 2 is 1.74 bits per heavy atom. The van der Waals surface area contributed by atoms with Gasteiger partial charge in [-0.15, -0.1) is 24.8 Å². The molecule has 0 spiro atoms. The normalized spacial score (nSPS) is 11.5. The quantitative estimate of drug-likeness (QED) is 0.736. The number of amides is 2. The fourth-order valence-corrected chi connectivity index (χ4v) is 1.32. The van der Waals surface area contributed by atoms with Crippen molar-refractivity contribution in [3.63, 3.8) is 0 Å². The minimum absolute atomic E-state index is 0. The van der Waals surface area contributed by atoms with Gasteiger partial charge >= 0.3 is 0 Å². The number of halogens is 2. The average Bonchev–Trinajstić information content (AvgIpc) is 2.43. The van der Waals surface area contributed by atoms with Gasteiger partial charge in [0.25, 0.3) is 5.91 Å². The number of carbonyl (C=O) groups is 2. The minimum Gasteiger partial charge on any atom is -0.349 e. The smallest absolute Gasteiger partial charge is 0.273 e. The molecule has 132 valence electrons. The zero-order valence-corrected chi connectivity index (χ0v) is 15.6. The van der Waals surface area contributed by atoms with Gasteiger partial charge in [-0.3, -0.25) is 9.59 Å². The highest BCUT2D eigenvalue weighted by molar-refractivity contribution is 6.02. The van der Waals surface area contributed by atoms with Crippen LogP contribution in [0.3, 0.4) is 0 Å². The van der Waals surface area contributed by atoms with E-state index in [2.05, 4.69) is 25.9 Å². The topological polar surface area (TPSA) is 96.0 Å². The summed E-state index contributed by atoms with van der Waals surface area (Å²) in [5, 5.41) is 8.41. The molecule has 0 aliphatic rings. The molecule has 3 N–H and O–H groups in total. The lowest BCUT2D eigenvalue weighted by atomic mass is 9.96. The standard InChI is InChI=1S/C14H23N5O2.2ClH/c1-9(15-5)8-18-12(20)10-11(17-7-6-16-10)19-13(21)14(2,3)4;;/h6-7,9,15H,8H2,1-5H3,(H,18,20)(H,17,19,21);2*1H. The number of anilines is 1. The van der Waals surface area contributed by atoms with Crippen molar-refractivity contribution in [3.8, 4) is 0 Å². The highest BCUT2D eigenvalue weighted by Gasteiger charge is 2.24. The summed E-state index contributed by atoms with van der Waals surface area (Å²) in [4.78, 5) is 32.2. The Bertz CT molecular complexity index is 520. The first-order chi connectivity index (χ1) is 9.75. The molecule has 7 nitrogen and oxygen atoms in total. The van der Waals surface area contributed by atoms with Crippen LogP contribution in [0.25, 0.3) is 0 Å². The second-order valence-corrected chi connectivity index (χ2v) is 5.86. The summed E-state index contributed by atoms with van der Waals surface area (Å²) in [6.07, 6.45) is 2.86. The number of carbonyl (C=O) groups excluding carboxylic acids is 2. The Labute approximate surface area is 149 Å². The van der Waals surface area contributed by atoms with Crippen molar-refractivity contribution in [1.29, 1.82) is 0 Å². The van der Waals surface area contributed by atoms with E-state index in [0.29, 0.717) is 6.54 Å². The molecule has 1 atom stereocenters. The molecular weight excluding hydrogens is 341 g/mol. The van der Waals surface area contributed by atoms with Gasteiger partial charge in [0.1, 0.15) is 0 Å². The summed E-state index contributed by atoms with van der Waals surface area (Å²) in [6.45, 7) is 7.75. The van der Waals surface area contributed by atoms with Gasteiger partial charge in [-0.1, -0.05) is 20.8 Å². The van der Waals surface area contributed by atoms with Crippen LogP contribution in [0, 0.1) is 5.41 Å². The zero-order valence-electron chi connectivity index (χ0n) is 14.0. The van der Waals surface area contributed by atoms with Crippen molar-refractivity contribution in [2.45, 2.75) is 33.7 Å². The van der Waals surface area contributed by atoms with E-state index in [1.165, 1.54) is 12.4 Å². The molecule has 0 fully saturated rings. The minimum atomic E-state index is -0.577. The van der Waals surface area contributed by atoms with Gasteiger partial charge in [-0.25, -0.2) is 9.97 Å². The molecule has 1 rings (SSSR count). The molecule has 0 aliphatic heterocycles. The third-order valence-corrected chi connectivity index (χ3v) is 2.89. The van der Waals surface area contributed by atoms with Gasteiger partial charge in [-0.2, -0.15) is 0 Å². The monoisotopic (exact) mass is 365 g/mol. The summed E-state index contributed by atoms with van der Waals surface area (Å²) in [7, 11) is 1.81. The largest absolute Gasteiger partial charge is 0.349 e. The van der Waals surface area contributed by atoms with Crippen LogP contribution in [0.15, 0.2) is 12.4 Å². The third-order valence-electron chi connectivity index (χ3n) is 2.89. The Hall–Kier alpha value is -1.44. The number of aromatic nitrogens is 2. The molecule has 9 heteroatoms. The molecule has 0 radical (unpaired) electrons. The number of nitrogens with one attached hydrogen (secondary N) is 3. The van der Waals surface area contributed by atoms with E-state index >= 15 is 0 Å². The lowest BCUT2D eigenvalue weighted by molar-refractivity contribution is -0.123. The van der Waals surface area contributed by atoms with Gasteiger partial charge in [0.05, 0.1) is 0 Å². The molecule has 0 saturated carbocycles. The van der Waals surface area contributed by atoms with Crippen molar-refractivity contribution in [2.75, 3.05) is 18.9 Å². The lowest BCUT2D eigenvalue weighted by Crippen LogP contribution is -2.38. The van der Waals surface area contributed by atoms with Crippen LogP contribution < -0.4 is 16.0 Å². The van der Waals surface area contributed by atoms with Gasteiger partial charge in [0, 0.05) is 30.4 Å².